The summed E-state index contributed by atoms with van der Waals surface area (Å²) in [6.45, 7) is 0. The van der Waals surface area contributed by atoms with Gasteiger partial charge in [0, 0.05) is 12.1 Å². The van der Waals surface area contributed by atoms with Gasteiger partial charge in [0.05, 0.1) is 0 Å². The van der Waals surface area contributed by atoms with Crippen molar-refractivity contribution < 1.29 is 8.87 Å². The van der Waals surface area contributed by atoms with Gasteiger partial charge in [0.1, 0.15) is 5.82 Å². The van der Waals surface area contributed by atoms with Gasteiger partial charge in [-0.2, -0.15) is 4.39 Å². The zero-order valence-electron chi connectivity index (χ0n) is 8.34. The molecule has 6 heteroatoms. The number of hydrazine groups is 1. The van der Waals surface area contributed by atoms with Crippen molar-refractivity contribution in [3.8, 4) is 0 Å². The lowest BCUT2D eigenvalue weighted by atomic mass is 9.95. The van der Waals surface area contributed by atoms with Gasteiger partial charge in [-0.1, -0.05) is 28.8 Å². The van der Waals surface area contributed by atoms with Gasteiger partial charge < -0.3 is 5.32 Å². The standard InChI is InChI=1S/C9H14F2N4/c10-8-6-9(14-15(11)13-8)12-7-4-2-1-3-5-7/h6-7,12,14H,1-5H2. The smallest absolute Gasteiger partial charge is 0.239 e. The van der Waals surface area contributed by atoms with Crippen molar-refractivity contribution >= 4 is 5.97 Å². The Labute approximate surface area is 86.9 Å². The number of nitrogens with zero attached hydrogens (tertiary/aromatic N) is 2. The van der Waals surface area contributed by atoms with Crippen molar-refractivity contribution in [2.75, 3.05) is 0 Å². The Morgan fingerprint density at radius 2 is 2.13 bits per heavy atom. The number of halogens is 2. The van der Waals surface area contributed by atoms with Crippen LogP contribution < -0.4 is 10.7 Å². The van der Waals surface area contributed by atoms with Crippen LogP contribution in [0.1, 0.15) is 32.1 Å². The summed E-state index contributed by atoms with van der Waals surface area (Å²) in [5, 5.41) is 5.86. The van der Waals surface area contributed by atoms with E-state index in [1.807, 2.05) is 0 Å². The van der Waals surface area contributed by atoms with Crippen LogP contribution in [0.4, 0.5) is 8.87 Å². The summed E-state index contributed by atoms with van der Waals surface area (Å²) in [5.74, 6) is -0.508. The third-order valence-electron chi connectivity index (χ3n) is 2.62. The van der Waals surface area contributed by atoms with Gasteiger partial charge in [0.2, 0.25) is 5.97 Å². The zero-order chi connectivity index (χ0) is 10.7. The van der Waals surface area contributed by atoms with Gasteiger partial charge >= 0.3 is 0 Å². The van der Waals surface area contributed by atoms with E-state index in [0.29, 0.717) is 11.9 Å². The molecule has 2 rings (SSSR count). The predicted molar refractivity (Wildman–Crippen MR) is 52.7 cm³/mol. The number of hydrazone groups is 1. The topological polar surface area (TPSA) is 39.7 Å². The lowest BCUT2D eigenvalue weighted by molar-refractivity contribution is -0.0238. The van der Waals surface area contributed by atoms with Gasteiger partial charge in [-0.3, -0.25) is 0 Å². The lowest BCUT2D eigenvalue weighted by Gasteiger charge is -2.27. The van der Waals surface area contributed by atoms with Crippen molar-refractivity contribution in [2.45, 2.75) is 38.1 Å². The van der Waals surface area contributed by atoms with Crippen LogP contribution in [0.2, 0.25) is 0 Å². The van der Waals surface area contributed by atoms with Crippen LogP contribution in [-0.4, -0.2) is 17.3 Å². The van der Waals surface area contributed by atoms with E-state index in [-0.39, 0.29) is 5.34 Å². The van der Waals surface area contributed by atoms with E-state index < -0.39 is 5.97 Å². The lowest BCUT2D eigenvalue weighted by Crippen LogP contribution is -2.41. The largest absolute Gasteiger partial charge is 0.368 e. The highest BCUT2D eigenvalue weighted by Crippen LogP contribution is 2.18. The van der Waals surface area contributed by atoms with E-state index in [2.05, 4.69) is 15.8 Å². The summed E-state index contributed by atoms with van der Waals surface area (Å²) in [6.07, 6.45) is 6.83. The second-order valence-corrected chi connectivity index (χ2v) is 3.83. The van der Waals surface area contributed by atoms with Crippen molar-refractivity contribution in [3.05, 3.63) is 11.9 Å². The highest BCUT2D eigenvalue weighted by atomic mass is 19.2. The Morgan fingerprint density at radius 1 is 1.40 bits per heavy atom. The molecule has 0 saturated heterocycles. The van der Waals surface area contributed by atoms with Gasteiger partial charge in [-0.25, -0.2) is 5.43 Å². The highest BCUT2D eigenvalue weighted by Gasteiger charge is 2.17. The Kier molecular flexibility index (Phi) is 3.03. The van der Waals surface area contributed by atoms with Crippen LogP contribution in [-0.2, 0) is 0 Å². The van der Waals surface area contributed by atoms with Gasteiger partial charge in [-0.15, -0.1) is 0 Å². The summed E-state index contributed by atoms with van der Waals surface area (Å²) in [4.78, 5) is 0. The summed E-state index contributed by atoms with van der Waals surface area (Å²) >= 11 is 0. The normalized spacial score (nSPS) is 22.9. The minimum atomic E-state index is -0.838. The first-order chi connectivity index (χ1) is 7.24. The van der Waals surface area contributed by atoms with Crippen molar-refractivity contribution in [2.24, 2.45) is 5.10 Å². The first kappa shape index (κ1) is 10.2. The summed E-state index contributed by atoms with van der Waals surface area (Å²) < 4.78 is 25.4. The maximum atomic E-state index is 12.8. The number of hydrogen-bond donors (Lipinski definition) is 2. The Balaban J connectivity index is 1.91. The average molecular weight is 216 g/mol. The third kappa shape index (κ3) is 2.81. The molecule has 2 aliphatic rings. The van der Waals surface area contributed by atoms with Crippen LogP contribution in [0, 0.1) is 0 Å². The van der Waals surface area contributed by atoms with Gasteiger partial charge in [-0.05, 0) is 18.2 Å². The molecule has 1 aliphatic heterocycles. The van der Waals surface area contributed by atoms with Crippen molar-refractivity contribution in [1.29, 1.82) is 0 Å². The molecule has 84 valence electrons. The fraction of sp³-hybridized carbons (Fsp3) is 0.667. The molecule has 0 aromatic rings. The molecular formula is C9H14F2N4. The minimum Gasteiger partial charge on any atom is -0.368 e. The predicted octanol–water partition coefficient (Wildman–Crippen LogP) is 1.74. The second kappa shape index (κ2) is 4.46. The molecule has 1 heterocycles. The van der Waals surface area contributed by atoms with E-state index in [4.69, 9.17) is 0 Å². The number of nitrogens with one attached hydrogen (secondary N) is 2. The van der Waals surface area contributed by atoms with Crippen LogP contribution in [0.5, 0.6) is 0 Å². The van der Waals surface area contributed by atoms with E-state index in [1.165, 1.54) is 19.3 Å². The summed E-state index contributed by atoms with van der Waals surface area (Å²) in [5.41, 5.74) is 2.28. The Morgan fingerprint density at radius 3 is 2.80 bits per heavy atom. The summed E-state index contributed by atoms with van der Waals surface area (Å²) in [6, 6.07) is 0.303. The molecule has 0 radical (unpaired) electrons. The molecule has 0 aromatic carbocycles. The Hall–Kier alpha value is -1.33. The van der Waals surface area contributed by atoms with E-state index in [1.54, 1.807) is 0 Å². The van der Waals surface area contributed by atoms with Crippen LogP contribution in [0.25, 0.3) is 0 Å². The van der Waals surface area contributed by atoms with Crippen LogP contribution >= 0.6 is 0 Å². The number of rotatable bonds is 2. The quantitative estimate of drug-likeness (QED) is 0.691. The molecule has 0 aromatic heterocycles. The molecule has 0 atom stereocenters. The second-order valence-electron chi connectivity index (χ2n) is 3.83. The third-order valence-corrected chi connectivity index (χ3v) is 2.62. The molecule has 0 bridgehead atoms. The van der Waals surface area contributed by atoms with Gasteiger partial charge in [0.15, 0.2) is 0 Å². The van der Waals surface area contributed by atoms with Crippen molar-refractivity contribution in [1.82, 2.24) is 16.1 Å². The van der Waals surface area contributed by atoms with Crippen LogP contribution in [0.3, 0.4) is 0 Å². The van der Waals surface area contributed by atoms with Crippen LogP contribution in [0.15, 0.2) is 17.0 Å². The molecule has 2 N–H and O–H groups in total. The first-order valence-corrected chi connectivity index (χ1v) is 5.19. The Bertz CT molecular complexity index is 284. The molecule has 0 unspecified atom stereocenters. The minimum absolute atomic E-state index is 0.125. The average Bonchev–Trinajstić information content (AvgIpc) is 2.17. The SMILES string of the molecule is FC1=NN(F)NC(NC2CCCCC2)=C1. The molecule has 4 nitrogen and oxygen atoms in total. The van der Waals surface area contributed by atoms with E-state index >= 15 is 0 Å². The zero-order valence-corrected chi connectivity index (χ0v) is 8.34. The maximum Gasteiger partial charge on any atom is 0.239 e. The number of hydrogen-bond acceptors (Lipinski definition) is 4. The molecule has 15 heavy (non-hydrogen) atoms. The molecule has 0 spiro atoms. The van der Waals surface area contributed by atoms with Gasteiger partial charge in [0.25, 0.3) is 0 Å². The molecular weight excluding hydrogens is 202 g/mol. The molecule has 1 aliphatic carbocycles. The summed E-state index contributed by atoms with van der Waals surface area (Å²) in [7, 11) is 0. The molecule has 1 saturated carbocycles. The van der Waals surface area contributed by atoms with E-state index in [0.717, 1.165) is 18.9 Å². The van der Waals surface area contributed by atoms with E-state index in [9.17, 15) is 8.87 Å². The fourth-order valence-corrected chi connectivity index (χ4v) is 1.93. The van der Waals surface area contributed by atoms with Crippen molar-refractivity contribution in [3.63, 3.8) is 0 Å². The first-order valence-electron chi connectivity index (χ1n) is 5.19. The fourth-order valence-electron chi connectivity index (χ4n) is 1.93. The monoisotopic (exact) mass is 216 g/mol. The highest BCUT2D eigenvalue weighted by molar-refractivity contribution is 5.87. The molecule has 0 amide bonds. The maximum absolute atomic E-state index is 12.8. The molecule has 1 fully saturated rings. The number of allylic oxidation sites excluding steroid dienone is 1.